The molecule has 3 amide bonds. The SMILES string of the molecule is C=CCN(Cc1ccccc1)C(=O)[C@@H]1[C@H]2C(=O)N(CCCO)C(C(=O)N(CC=C)c3ccc(N(CC)CC)cc3)C23S[C@@H]1CC3C. The number of aliphatic hydroxyl groups excluding tert-OH is 1. The van der Waals surface area contributed by atoms with E-state index in [0.29, 0.717) is 19.5 Å². The van der Waals surface area contributed by atoms with Gasteiger partial charge in [0.05, 0.1) is 16.6 Å². The Morgan fingerprint density at radius 3 is 2.26 bits per heavy atom. The van der Waals surface area contributed by atoms with E-state index in [4.69, 9.17) is 0 Å². The van der Waals surface area contributed by atoms with E-state index in [0.717, 1.165) is 36.4 Å². The first kappa shape index (κ1) is 33.8. The van der Waals surface area contributed by atoms with E-state index >= 15 is 0 Å². The number of hydrogen-bond acceptors (Lipinski definition) is 6. The molecule has 0 aliphatic carbocycles. The van der Waals surface area contributed by atoms with Crippen LogP contribution in [0.2, 0.25) is 0 Å². The van der Waals surface area contributed by atoms with Crippen molar-refractivity contribution in [2.24, 2.45) is 17.8 Å². The monoisotopic (exact) mass is 644 g/mol. The first-order valence-corrected chi connectivity index (χ1v) is 17.4. The molecule has 1 spiro atoms. The highest BCUT2D eigenvalue weighted by Crippen LogP contribution is 2.69. The van der Waals surface area contributed by atoms with E-state index in [9.17, 15) is 19.5 Å². The lowest BCUT2D eigenvalue weighted by Crippen LogP contribution is -2.57. The average molecular weight is 645 g/mol. The second kappa shape index (κ2) is 14.5. The minimum atomic E-state index is -0.760. The van der Waals surface area contributed by atoms with Gasteiger partial charge in [0.15, 0.2) is 0 Å². The summed E-state index contributed by atoms with van der Waals surface area (Å²) >= 11 is 1.68. The number of carbonyl (C=O) groups excluding carboxylic acids is 3. The standard InChI is InChI=1S/C37H48N4O4S/c1-6-20-39(25-27-14-11-10-12-15-27)34(43)31-30-24-26(5)37(46-30)32(31)35(44)41(22-13-23-42)33(37)36(45)40(21-7-2)29-18-16-28(17-19-29)38(8-3)9-4/h6-7,10-12,14-19,26,30-33,42H,1-2,8-9,13,20-25H2,3-5H3/t26?,30-,31+,32+,33?,37?/m1/s1. The number of amides is 3. The Morgan fingerprint density at radius 2 is 1.65 bits per heavy atom. The van der Waals surface area contributed by atoms with Crippen LogP contribution in [0.5, 0.6) is 0 Å². The lowest BCUT2D eigenvalue weighted by atomic mass is 9.65. The number of likely N-dealkylation sites (tertiary alicyclic amines) is 1. The number of fused-ring (bicyclic) bond motifs is 1. The molecule has 2 aromatic carbocycles. The van der Waals surface area contributed by atoms with E-state index in [1.807, 2.05) is 54.6 Å². The Hall–Kier alpha value is -3.56. The summed E-state index contributed by atoms with van der Waals surface area (Å²) in [6, 6.07) is 17.1. The van der Waals surface area contributed by atoms with Crippen molar-refractivity contribution in [3.8, 4) is 0 Å². The lowest BCUT2D eigenvalue weighted by molar-refractivity contribution is -0.144. The maximum Gasteiger partial charge on any atom is 0.251 e. The van der Waals surface area contributed by atoms with Crippen molar-refractivity contribution < 1.29 is 19.5 Å². The number of rotatable bonds is 15. The maximum absolute atomic E-state index is 14.9. The van der Waals surface area contributed by atoms with Crippen LogP contribution in [-0.2, 0) is 20.9 Å². The van der Waals surface area contributed by atoms with Crippen molar-refractivity contribution in [2.75, 3.05) is 49.1 Å². The highest BCUT2D eigenvalue weighted by molar-refractivity contribution is 8.02. The Labute approximate surface area is 278 Å². The van der Waals surface area contributed by atoms with Gasteiger partial charge < -0.3 is 24.7 Å². The molecular formula is C37H48N4O4S. The molecule has 3 aliphatic rings. The minimum Gasteiger partial charge on any atom is -0.396 e. The topological polar surface area (TPSA) is 84.4 Å². The molecule has 3 heterocycles. The first-order valence-electron chi connectivity index (χ1n) is 16.6. The molecule has 3 saturated heterocycles. The molecule has 1 N–H and O–H groups in total. The molecule has 46 heavy (non-hydrogen) atoms. The predicted octanol–water partition coefficient (Wildman–Crippen LogP) is 4.99. The third kappa shape index (κ3) is 5.88. The van der Waals surface area contributed by atoms with Crippen LogP contribution in [0.15, 0.2) is 79.9 Å². The molecule has 3 fully saturated rings. The smallest absolute Gasteiger partial charge is 0.251 e. The molecular weight excluding hydrogens is 596 g/mol. The molecule has 246 valence electrons. The summed E-state index contributed by atoms with van der Waals surface area (Å²) in [5.41, 5.74) is 2.84. The summed E-state index contributed by atoms with van der Waals surface area (Å²) in [5, 5.41) is 9.73. The van der Waals surface area contributed by atoms with Gasteiger partial charge in [-0.2, -0.15) is 0 Å². The van der Waals surface area contributed by atoms with Crippen molar-refractivity contribution in [1.29, 1.82) is 0 Å². The number of nitrogens with zero attached hydrogens (tertiary/aromatic N) is 4. The molecule has 2 aromatic rings. The summed E-state index contributed by atoms with van der Waals surface area (Å²) in [5.74, 6) is -1.48. The van der Waals surface area contributed by atoms with Gasteiger partial charge in [-0.15, -0.1) is 24.9 Å². The summed E-state index contributed by atoms with van der Waals surface area (Å²) in [6.07, 6.45) is 4.56. The van der Waals surface area contributed by atoms with Crippen LogP contribution >= 0.6 is 11.8 Å². The third-order valence-corrected chi connectivity index (χ3v) is 12.1. The Bertz CT molecular complexity index is 1410. The Morgan fingerprint density at radius 1 is 1.00 bits per heavy atom. The fourth-order valence-corrected chi connectivity index (χ4v) is 10.4. The van der Waals surface area contributed by atoms with Crippen LogP contribution < -0.4 is 9.80 Å². The fraction of sp³-hybridized carbons (Fsp3) is 0.486. The zero-order valence-corrected chi connectivity index (χ0v) is 28.2. The summed E-state index contributed by atoms with van der Waals surface area (Å²) in [4.78, 5) is 51.4. The van der Waals surface area contributed by atoms with E-state index in [2.05, 4.69) is 38.8 Å². The lowest BCUT2D eigenvalue weighted by Gasteiger charge is -2.41. The van der Waals surface area contributed by atoms with E-state index in [1.54, 1.807) is 38.6 Å². The van der Waals surface area contributed by atoms with Gasteiger partial charge in [-0.25, -0.2) is 0 Å². The zero-order chi connectivity index (χ0) is 33.0. The van der Waals surface area contributed by atoms with Gasteiger partial charge in [-0.3, -0.25) is 14.4 Å². The van der Waals surface area contributed by atoms with Crippen LogP contribution in [0.3, 0.4) is 0 Å². The maximum atomic E-state index is 14.9. The van der Waals surface area contributed by atoms with Crippen LogP contribution in [0, 0.1) is 17.8 Å². The Balaban J connectivity index is 1.52. The number of thioether (sulfide) groups is 1. The number of anilines is 2. The van der Waals surface area contributed by atoms with Gasteiger partial charge in [0.25, 0.3) is 5.91 Å². The van der Waals surface area contributed by atoms with E-state index in [1.165, 1.54) is 0 Å². The molecule has 0 saturated carbocycles. The van der Waals surface area contributed by atoms with Gasteiger partial charge >= 0.3 is 0 Å². The minimum absolute atomic E-state index is 0.0474. The second-order valence-corrected chi connectivity index (χ2v) is 14.1. The largest absolute Gasteiger partial charge is 0.396 e. The summed E-state index contributed by atoms with van der Waals surface area (Å²) < 4.78 is -0.748. The van der Waals surface area contributed by atoms with Crippen LogP contribution in [0.4, 0.5) is 11.4 Å². The molecule has 8 nitrogen and oxygen atoms in total. The van der Waals surface area contributed by atoms with Crippen molar-refractivity contribution >= 4 is 40.9 Å². The zero-order valence-electron chi connectivity index (χ0n) is 27.4. The molecule has 3 unspecified atom stereocenters. The van der Waals surface area contributed by atoms with E-state index in [-0.39, 0.29) is 48.6 Å². The second-order valence-electron chi connectivity index (χ2n) is 12.6. The molecule has 3 aliphatic heterocycles. The highest BCUT2D eigenvalue weighted by atomic mass is 32.2. The van der Waals surface area contributed by atoms with Crippen molar-refractivity contribution in [3.63, 3.8) is 0 Å². The van der Waals surface area contributed by atoms with Crippen molar-refractivity contribution in [2.45, 2.75) is 56.2 Å². The third-order valence-electron chi connectivity index (χ3n) is 10.1. The summed E-state index contributed by atoms with van der Waals surface area (Å²) in [6.45, 7) is 17.2. The van der Waals surface area contributed by atoms with Crippen LogP contribution in [0.25, 0.3) is 0 Å². The molecule has 5 rings (SSSR count). The quantitative estimate of drug-likeness (QED) is 0.275. The number of hydrogen-bond donors (Lipinski definition) is 1. The van der Waals surface area contributed by atoms with Gasteiger partial charge in [-0.1, -0.05) is 49.4 Å². The van der Waals surface area contributed by atoms with Gasteiger partial charge in [0.1, 0.15) is 6.04 Å². The van der Waals surface area contributed by atoms with Crippen LogP contribution in [-0.4, -0.2) is 88.0 Å². The fourth-order valence-electron chi connectivity index (χ4n) is 8.00. The average Bonchev–Trinajstić information content (AvgIpc) is 3.66. The van der Waals surface area contributed by atoms with E-state index < -0.39 is 22.6 Å². The molecule has 0 radical (unpaired) electrons. The van der Waals surface area contributed by atoms with Gasteiger partial charge in [0.2, 0.25) is 11.8 Å². The van der Waals surface area contributed by atoms with Crippen molar-refractivity contribution in [3.05, 3.63) is 85.5 Å². The summed E-state index contributed by atoms with van der Waals surface area (Å²) in [7, 11) is 0. The normalized spacial score (nSPS) is 26.1. The Kier molecular flexibility index (Phi) is 10.6. The molecule has 2 bridgehead atoms. The highest BCUT2D eigenvalue weighted by Gasteiger charge is 2.76. The molecule has 6 atom stereocenters. The number of carbonyl (C=O) groups is 3. The van der Waals surface area contributed by atoms with Crippen molar-refractivity contribution in [1.82, 2.24) is 9.80 Å². The van der Waals surface area contributed by atoms with Crippen LogP contribution in [0.1, 0.15) is 39.2 Å². The first-order chi connectivity index (χ1) is 22.3. The molecule has 9 heteroatoms. The molecule has 0 aromatic heterocycles. The number of benzene rings is 2. The number of aliphatic hydroxyl groups is 1. The predicted molar refractivity (Wildman–Crippen MR) is 187 cm³/mol. The van der Waals surface area contributed by atoms with Gasteiger partial charge in [0, 0.05) is 62.5 Å². The van der Waals surface area contributed by atoms with Gasteiger partial charge in [-0.05, 0) is 62.4 Å².